The van der Waals surface area contributed by atoms with Crippen LogP contribution < -0.4 is 20.8 Å². The summed E-state index contributed by atoms with van der Waals surface area (Å²) in [6.07, 6.45) is 1.40. The van der Waals surface area contributed by atoms with Crippen molar-refractivity contribution in [2.24, 2.45) is 5.10 Å². The SMILES string of the molecule is Cc1ccc(NC(=O)COc2ccc(/C=N\NC(=O)C(=O)Nc3cccc(C)c3C)cc2)c(C)c1. The van der Waals surface area contributed by atoms with Crippen LogP contribution >= 0.6 is 0 Å². The second-order valence-electron chi connectivity index (χ2n) is 8.12. The Morgan fingerprint density at radius 2 is 1.57 bits per heavy atom. The summed E-state index contributed by atoms with van der Waals surface area (Å²) >= 11 is 0. The van der Waals surface area contributed by atoms with Crippen LogP contribution in [0, 0.1) is 27.7 Å². The summed E-state index contributed by atoms with van der Waals surface area (Å²) in [4.78, 5) is 36.3. The highest BCUT2D eigenvalue weighted by Gasteiger charge is 2.14. The average Bonchev–Trinajstić information content (AvgIpc) is 2.83. The Hall–Kier alpha value is -4.46. The molecular weight excluding hydrogens is 444 g/mol. The molecule has 3 aromatic carbocycles. The van der Waals surface area contributed by atoms with Crippen molar-refractivity contribution in [2.45, 2.75) is 27.7 Å². The molecule has 180 valence electrons. The second kappa shape index (κ2) is 11.6. The third kappa shape index (κ3) is 7.26. The van der Waals surface area contributed by atoms with Gasteiger partial charge in [-0.2, -0.15) is 5.10 Å². The van der Waals surface area contributed by atoms with Gasteiger partial charge in [0.25, 0.3) is 5.91 Å². The van der Waals surface area contributed by atoms with Crippen LogP contribution in [0.5, 0.6) is 5.75 Å². The number of nitrogens with one attached hydrogen (secondary N) is 3. The van der Waals surface area contributed by atoms with Crippen molar-refractivity contribution in [3.63, 3.8) is 0 Å². The minimum atomic E-state index is -0.878. The van der Waals surface area contributed by atoms with Crippen molar-refractivity contribution in [1.82, 2.24) is 5.43 Å². The normalized spacial score (nSPS) is 10.6. The molecule has 0 aliphatic carbocycles. The minimum absolute atomic E-state index is 0.133. The highest BCUT2D eigenvalue weighted by molar-refractivity contribution is 6.39. The number of carbonyl (C=O) groups excluding carboxylic acids is 3. The van der Waals surface area contributed by atoms with Crippen molar-refractivity contribution in [2.75, 3.05) is 17.2 Å². The first-order valence-corrected chi connectivity index (χ1v) is 11.0. The quantitative estimate of drug-likeness (QED) is 0.274. The maximum atomic E-state index is 12.2. The van der Waals surface area contributed by atoms with Crippen LogP contribution in [0.1, 0.15) is 27.8 Å². The Morgan fingerprint density at radius 3 is 2.29 bits per heavy atom. The smallest absolute Gasteiger partial charge is 0.329 e. The van der Waals surface area contributed by atoms with Crippen molar-refractivity contribution < 1.29 is 19.1 Å². The van der Waals surface area contributed by atoms with E-state index in [9.17, 15) is 14.4 Å². The minimum Gasteiger partial charge on any atom is -0.484 e. The molecule has 8 heteroatoms. The van der Waals surface area contributed by atoms with Crippen molar-refractivity contribution in [3.05, 3.63) is 88.5 Å². The Balaban J connectivity index is 1.45. The van der Waals surface area contributed by atoms with E-state index in [0.717, 1.165) is 27.9 Å². The van der Waals surface area contributed by atoms with Gasteiger partial charge in [-0.15, -0.1) is 0 Å². The first-order chi connectivity index (χ1) is 16.7. The summed E-state index contributed by atoms with van der Waals surface area (Å²) in [6.45, 7) is 7.59. The highest BCUT2D eigenvalue weighted by atomic mass is 16.5. The van der Waals surface area contributed by atoms with Gasteiger partial charge in [-0.3, -0.25) is 14.4 Å². The predicted octanol–water partition coefficient (Wildman–Crippen LogP) is 4.03. The van der Waals surface area contributed by atoms with Gasteiger partial charge in [-0.05, 0) is 86.3 Å². The third-order valence-corrected chi connectivity index (χ3v) is 5.34. The Bertz CT molecular complexity index is 1270. The van der Waals surface area contributed by atoms with Crippen molar-refractivity contribution in [3.8, 4) is 5.75 Å². The molecule has 0 saturated carbocycles. The van der Waals surface area contributed by atoms with Crippen LogP contribution in [0.15, 0.2) is 65.8 Å². The summed E-state index contributed by atoms with van der Waals surface area (Å²) in [5.74, 6) is -1.44. The lowest BCUT2D eigenvalue weighted by Crippen LogP contribution is -2.32. The highest BCUT2D eigenvalue weighted by Crippen LogP contribution is 2.18. The molecule has 0 spiro atoms. The molecule has 3 N–H and O–H groups in total. The van der Waals surface area contributed by atoms with Crippen LogP contribution in [0.4, 0.5) is 11.4 Å². The molecule has 0 heterocycles. The van der Waals surface area contributed by atoms with Crippen molar-refractivity contribution in [1.29, 1.82) is 0 Å². The van der Waals surface area contributed by atoms with Gasteiger partial charge in [0.05, 0.1) is 6.21 Å². The second-order valence-corrected chi connectivity index (χ2v) is 8.12. The molecule has 0 aliphatic rings. The zero-order valence-corrected chi connectivity index (χ0v) is 20.1. The molecule has 0 aromatic heterocycles. The molecule has 8 nitrogen and oxygen atoms in total. The number of hydrazone groups is 1. The molecule has 0 unspecified atom stereocenters. The number of benzene rings is 3. The number of ether oxygens (including phenoxy) is 1. The zero-order valence-electron chi connectivity index (χ0n) is 20.1. The van der Waals surface area contributed by atoms with E-state index < -0.39 is 11.8 Å². The summed E-state index contributed by atoms with van der Waals surface area (Å²) < 4.78 is 5.53. The van der Waals surface area contributed by atoms with Gasteiger partial charge in [-0.25, -0.2) is 5.43 Å². The van der Waals surface area contributed by atoms with Crippen LogP contribution in [0.2, 0.25) is 0 Å². The molecule has 35 heavy (non-hydrogen) atoms. The Kier molecular flexibility index (Phi) is 8.34. The summed E-state index contributed by atoms with van der Waals surface area (Å²) in [5, 5.41) is 9.23. The predicted molar refractivity (Wildman–Crippen MR) is 137 cm³/mol. The van der Waals surface area contributed by atoms with E-state index in [1.54, 1.807) is 36.4 Å². The largest absolute Gasteiger partial charge is 0.484 e. The van der Waals surface area contributed by atoms with Gasteiger partial charge in [0.1, 0.15) is 5.75 Å². The van der Waals surface area contributed by atoms with Gasteiger partial charge in [0.2, 0.25) is 0 Å². The van der Waals surface area contributed by atoms with E-state index in [4.69, 9.17) is 4.74 Å². The number of aryl methyl sites for hydroxylation is 3. The first kappa shape index (κ1) is 25.2. The van der Waals surface area contributed by atoms with Gasteiger partial charge >= 0.3 is 11.8 Å². The summed E-state index contributed by atoms with van der Waals surface area (Å²) in [6, 6.07) is 18.0. The molecule has 0 bridgehead atoms. The molecule has 0 radical (unpaired) electrons. The number of carbonyl (C=O) groups is 3. The van der Waals surface area contributed by atoms with E-state index in [0.29, 0.717) is 17.0 Å². The Morgan fingerprint density at radius 1 is 0.829 bits per heavy atom. The lowest BCUT2D eigenvalue weighted by Gasteiger charge is -2.10. The van der Waals surface area contributed by atoms with E-state index >= 15 is 0 Å². The Labute approximate surface area is 204 Å². The van der Waals surface area contributed by atoms with Gasteiger partial charge in [0.15, 0.2) is 6.61 Å². The topological polar surface area (TPSA) is 109 Å². The zero-order chi connectivity index (χ0) is 25.4. The third-order valence-electron chi connectivity index (χ3n) is 5.34. The molecule has 0 atom stereocenters. The van der Waals surface area contributed by atoms with E-state index in [1.807, 2.05) is 52.0 Å². The maximum Gasteiger partial charge on any atom is 0.329 e. The van der Waals surface area contributed by atoms with Crippen LogP contribution in [-0.2, 0) is 14.4 Å². The molecule has 3 aromatic rings. The number of amides is 3. The number of rotatable bonds is 7. The fourth-order valence-corrected chi connectivity index (χ4v) is 3.22. The van der Waals surface area contributed by atoms with Gasteiger partial charge in [-0.1, -0.05) is 29.8 Å². The van der Waals surface area contributed by atoms with E-state index in [2.05, 4.69) is 21.2 Å². The fourth-order valence-electron chi connectivity index (χ4n) is 3.22. The van der Waals surface area contributed by atoms with Crippen LogP contribution in [0.25, 0.3) is 0 Å². The molecule has 0 aliphatic heterocycles. The summed E-state index contributed by atoms with van der Waals surface area (Å²) in [5.41, 5.74) is 8.22. The summed E-state index contributed by atoms with van der Waals surface area (Å²) in [7, 11) is 0. The fraction of sp³-hybridized carbons (Fsp3) is 0.185. The van der Waals surface area contributed by atoms with Gasteiger partial charge < -0.3 is 15.4 Å². The number of anilines is 2. The monoisotopic (exact) mass is 472 g/mol. The van der Waals surface area contributed by atoms with Crippen LogP contribution in [0.3, 0.4) is 0 Å². The number of hydrogen-bond donors (Lipinski definition) is 3. The molecule has 3 amide bonds. The molecule has 0 saturated heterocycles. The lowest BCUT2D eigenvalue weighted by atomic mass is 10.1. The van der Waals surface area contributed by atoms with Crippen LogP contribution in [-0.4, -0.2) is 30.5 Å². The van der Waals surface area contributed by atoms with E-state index in [-0.39, 0.29) is 12.5 Å². The number of nitrogens with zero attached hydrogens (tertiary/aromatic N) is 1. The number of hydrogen-bond acceptors (Lipinski definition) is 5. The maximum absolute atomic E-state index is 12.2. The van der Waals surface area contributed by atoms with E-state index in [1.165, 1.54) is 6.21 Å². The molecular formula is C27H28N4O4. The average molecular weight is 473 g/mol. The van der Waals surface area contributed by atoms with Gasteiger partial charge in [0, 0.05) is 11.4 Å². The standard InChI is InChI=1S/C27H28N4O4/c1-17-8-13-23(19(3)14-17)29-25(32)16-35-22-11-9-21(10-12-22)15-28-31-27(34)26(33)30-24-7-5-6-18(2)20(24)4/h5-15H,16H2,1-4H3,(H,29,32)(H,30,33)(H,31,34)/b28-15-. The van der Waals surface area contributed by atoms with Crippen molar-refractivity contribution >= 4 is 35.3 Å². The molecule has 0 fully saturated rings. The lowest BCUT2D eigenvalue weighted by molar-refractivity contribution is -0.136. The first-order valence-electron chi connectivity index (χ1n) is 11.0. The molecule has 3 rings (SSSR count).